The van der Waals surface area contributed by atoms with Crippen LogP contribution in [0.4, 0.5) is 5.69 Å². The number of sulfonamides is 1. The van der Waals surface area contributed by atoms with Gasteiger partial charge in [-0.05, 0) is 43.9 Å². The fraction of sp³-hybridized carbons (Fsp3) is 0.588. The van der Waals surface area contributed by atoms with Crippen molar-refractivity contribution >= 4 is 21.6 Å². The molecule has 0 bridgehead atoms. The predicted molar refractivity (Wildman–Crippen MR) is 95.6 cm³/mol. The Labute approximate surface area is 144 Å². The van der Waals surface area contributed by atoms with Crippen LogP contribution >= 0.6 is 0 Å². The first-order chi connectivity index (χ1) is 11.4. The van der Waals surface area contributed by atoms with E-state index in [-0.39, 0.29) is 12.5 Å². The minimum absolute atomic E-state index is 0.0992. The lowest BCUT2D eigenvalue weighted by Gasteiger charge is -2.26. The fourth-order valence-electron chi connectivity index (χ4n) is 2.74. The van der Waals surface area contributed by atoms with Crippen molar-refractivity contribution in [2.75, 3.05) is 31.5 Å². The first-order valence-electron chi connectivity index (χ1n) is 8.56. The number of carbonyl (C=O) groups excluding carboxylic acids is 1. The highest BCUT2D eigenvalue weighted by atomic mass is 32.2. The van der Waals surface area contributed by atoms with E-state index in [0.29, 0.717) is 30.2 Å². The largest absolute Gasteiger partial charge is 0.376 e. The highest BCUT2D eigenvalue weighted by Gasteiger charge is 2.27. The quantitative estimate of drug-likeness (QED) is 0.787. The molecule has 0 saturated carbocycles. The van der Waals surface area contributed by atoms with Crippen molar-refractivity contribution in [2.24, 2.45) is 0 Å². The smallest absolute Gasteiger partial charge is 0.243 e. The Balaban J connectivity index is 2.11. The van der Waals surface area contributed by atoms with Gasteiger partial charge in [-0.1, -0.05) is 19.4 Å². The van der Waals surface area contributed by atoms with Gasteiger partial charge in [0.15, 0.2) is 0 Å². The van der Waals surface area contributed by atoms with Gasteiger partial charge in [0, 0.05) is 25.3 Å². The molecule has 134 valence electrons. The Bertz CT molecular complexity index is 668. The molecule has 0 unspecified atom stereocenters. The molecule has 1 heterocycles. The summed E-state index contributed by atoms with van der Waals surface area (Å²) in [5.41, 5.74) is 1.37. The molecule has 2 rings (SSSR count). The summed E-state index contributed by atoms with van der Waals surface area (Å²) >= 11 is 0. The zero-order valence-electron chi connectivity index (χ0n) is 14.5. The maximum absolute atomic E-state index is 12.9. The second-order valence-corrected chi connectivity index (χ2v) is 8.05. The van der Waals surface area contributed by atoms with Crippen molar-refractivity contribution in [1.82, 2.24) is 9.62 Å². The van der Waals surface area contributed by atoms with E-state index < -0.39 is 10.0 Å². The highest BCUT2D eigenvalue weighted by molar-refractivity contribution is 7.89. The average Bonchev–Trinajstić information content (AvgIpc) is 2.59. The molecule has 1 aromatic carbocycles. The van der Waals surface area contributed by atoms with Gasteiger partial charge in [-0.3, -0.25) is 4.79 Å². The van der Waals surface area contributed by atoms with Crippen molar-refractivity contribution in [1.29, 1.82) is 0 Å². The molecule has 1 fully saturated rings. The molecule has 2 N–H and O–H groups in total. The van der Waals surface area contributed by atoms with E-state index in [4.69, 9.17) is 0 Å². The zero-order chi connectivity index (χ0) is 17.6. The van der Waals surface area contributed by atoms with Crippen LogP contribution in [0.25, 0.3) is 0 Å². The summed E-state index contributed by atoms with van der Waals surface area (Å²) in [5, 5.41) is 5.78. The molecule has 1 aromatic rings. The lowest BCUT2D eigenvalue weighted by molar-refractivity contribution is -0.119. The molecule has 0 spiro atoms. The van der Waals surface area contributed by atoms with E-state index in [0.717, 1.165) is 31.2 Å². The molecule has 6 nitrogen and oxygen atoms in total. The van der Waals surface area contributed by atoms with Crippen LogP contribution < -0.4 is 10.6 Å². The van der Waals surface area contributed by atoms with Gasteiger partial charge in [0.2, 0.25) is 15.9 Å². The Morgan fingerprint density at radius 1 is 1.21 bits per heavy atom. The molecule has 24 heavy (non-hydrogen) atoms. The molecule has 1 saturated heterocycles. The van der Waals surface area contributed by atoms with Crippen LogP contribution in [0.1, 0.15) is 38.2 Å². The lowest BCUT2D eigenvalue weighted by Crippen LogP contribution is -2.36. The summed E-state index contributed by atoms with van der Waals surface area (Å²) in [4.78, 5) is 12.0. The first kappa shape index (κ1) is 18.7. The summed E-state index contributed by atoms with van der Waals surface area (Å²) in [6, 6.07) is 5.22. The molecular weight excluding hydrogens is 326 g/mol. The van der Waals surface area contributed by atoms with E-state index >= 15 is 0 Å². The monoisotopic (exact) mass is 353 g/mol. The Morgan fingerprint density at radius 2 is 1.92 bits per heavy atom. The number of hydrogen-bond acceptors (Lipinski definition) is 4. The molecule has 7 heteroatoms. The predicted octanol–water partition coefficient (Wildman–Crippen LogP) is 2.11. The molecule has 0 aromatic heterocycles. The van der Waals surface area contributed by atoms with Crippen LogP contribution in [0.3, 0.4) is 0 Å². The molecule has 1 aliphatic rings. The van der Waals surface area contributed by atoms with Gasteiger partial charge in [0.05, 0.1) is 11.4 Å². The third kappa shape index (κ3) is 4.70. The average molecular weight is 353 g/mol. The maximum Gasteiger partial charge on any atom is 0.243 e. The summed E-state index contributed by atoms with van der Waals surface area (Å²) in [6.07, 6.45) is 3.79. The number of piperidine rings is 1. The number of nitrogens with zero attached hydrogens (tertiary/aromatic N) is 1. The van der Waals surface area contributed by atoms with Crippen molar-refractivity contribution in [2.45, 2.75) is 44.4 Å². The van der Waals surface area contributed by atoms with Crippen LogP contribution in [-0.2, 0) is 14.8 Å². The Morgan fingerprint density at radius 3 is 2.58 bits per heavy atom. The minimum atomic E-state index is -3.48. The third-order valence-electron chi connectivity index (χ3n) is 4.15. The third-order valence-corrected chi connectivity index (χ3v) is 6.19. The second-order valence-electron chi connectivity index (χ2n) is 6.15. The Hall–Kier alpha value is -1.60. The lowest BCUT2D eigenvalue weighted by atomic mass is 10.2. The van der Waals surface area contributed by atoms with Crippen molar-refractivity contribution < 1.29 is 13.2 Å². The highest BCUT2D eigenvalue weighted by Crippen LogP contribution is 2.25. The van der Waals surface area contributed by atoms with Gasteiger partial charge in [-0.15, -0.1) is 0 Å². The van der Waals surface area contributed by atoms with Crippen molar-refractivity contribution in [3.63, 3.8) is 0 Å². The second kappa shape index (κ2) is 8.48. The topological polar surface area (TPSA) is 78.5 Å². The number of nitrogens with one attached hydrogen (secondary N) is 2. The summed E-state index contributed by atoms with van der Waals surface area (Å²) in [5.74, 6) is -0.0992. The number of anilines is 1. The van der Waals surface area contributed by atoms with Crippen LogP contribution in [0, 0.1) is 6.92 Å². The zero-order valence-corrected chi connectivity index (χ0v) is 15.3. The maximum atomic E-state index is 12.9. The van der Waals surface area contributed by atoms with Crippen LogP contribution in [0.15, 0.2) is 23.1 Å². The van der Waals surface area contributed by atoms with Gasteiger partial charge in [-0.2, -0.15) is 4.31 Å². The molecule has 1 aliphatic heterocycles. The number of benzene rings is 1. The summed E-state index contributed by atoms with van der Waals surface area (Å²) in [6.45, 7) is 5.73. The van der Waals surface area contributed by atoms with E-state index in [9.17, 15) is 13.2 Å². The number of rotatable bonds is 7. The van der Waals surface area contributed by atoms with Crippen molar-refractivity contribution in [3.05, 3.63) is 23.8 Å². The van der Waals surface area contributed by atoms with Crippen LogP contribution in [0.2, 0.25) is 0 Å². The van der Waals surface area contributed by atoms with Crippen molar-refractivity contribution in [3.8, 4) is 0 Å². The normalized spacial score (nSPS) is 15.9. The van der Waals surface area contributed by atoms with Gasteiger partial charge in [0.25, 0.3) is 0 Å². The molecule has 0 atom stereocenters. The Kier molecular flexibility index (Phi) is 6.62. The first-order valence-corrected chi connectivity index (χ1v) is 10.0. The molecule has 1 amide bonds. The summed E-state index contributed by atoms with van der Waals surface area (Å²) in [7, 11) is -3.48. The van der Waals surface area contributed by atoms with Gasteiger partial charge in [0.1, 0.15) is 0 Å². The van der Waals surface area contributed by atoms with E-state index in [2.05, 4.69) is 10.6 Å². The van der Waals surface area contributed by atoms with Crippen LogP contribution in [-0.4, -0.2) is 44.8 Å². The minimum Gasteiger partial charge on any atom is -0.376 e. The number of hydrogen-bond donors (Lipinski definition) is 2. The molecular formula is C17H27N3O3S. The molecule has 0 radical (unpaired) electrons. The number of aryl methyl sites for hydroxylation is 1. The van der Waals surface area contributed by atoms with E-state index in [1.807, 2.05) is 6.92 Å². The number of carbonyl (C=O) groups is 1. The van der Waals surface area contributed by atoms with Gasteiger partial charge in [-0.25, -0.2) is 8.42 Å². The van der Waals surface area contributed by atoms with Gasteiger partial charge < -0.3 is 10.6 Å². The SMILES string of the molecule is CCCNC(=O)CNc1ccc(C)c(S(=O)(=O)N2CCCCC2)c1. The summed E-state index contributed by atoms with van der Waals surface area (Å²) < 4.78 is 27.3. The van der Waals surface area contributed by atoms with Crippen LogP contribution in [0.5, 0.6) is 0 Å². The van der Waals surface area contributed by atoms with E-state index in [1.54, 1.807) is 29.4 Å². The molecule has 0 aliphatic carbocycles. The number of amides is 1. The van der Waals surface area contributed by atoms with E-state index in [1.165, 1.54) is 0 Å². The standard InChI is InChI=1S/C17H27N3O3S/c1-3-9-18-17(21)13-19-15-8-7-14(2)16(12-15)24(22,23)20-10-5-4-6-11-20/h7-8,12,19H,3-6,9-11,13H2,1-2H3,(H,18,21). The fourth-order valence-corrected chi connectivity index (χ4v) is 4.51. The van der Waals surface area contributed by atoms with Gasteiger partial charge >= 0.3 is 0 Å².